The van der Waals surface area contributed by atoms with Gasteiger partial charge in [-0.25, -0.2) is 9.18 Å². The van der Waals surface area contributed by atoms with E-state index in [0.29, 0.717) is 11.4 Å². The van der Waals surface area contributed by atoms with Gasteiger partial charge in [0, 0.05) is 0 Å². The van der Waals surface area contributed by atoms with Gasteiger partial charge in [-0.15, -0.1) is 0 Å². The molecule has 1 aliphatic heterocycles. The average molecular weight is 329 g/mol. The minimum Gasteiger partial charge on any atom is -0.478 e. The van der Waals surface area contributed by atoms with Crippen LogP contribution in [0, 0.1) is 5.82 Å². The molecule has 0 aliphatic carbocycles. The lowest BCUT2D eigenvalue weighted by Crippen LogP contribution is -2.52. The fourth-order valence-electron chi connectivity index (χ4n) is 2.63. The first-order chi connectivity index (χ1) is 11.3. The molecule has 5 nitrogen and oxygen atoms in total. The normalized spacial score (nSPS) is 15.6. The predicted octanol–water partition coefficient (Wildman–Crippen LogP) is 3.23. The van der Waals surface area contributed by atoms with Crippen LogP contribution in [-0.4, -0.2) is 22.6 Å². The van der Waals surface area contributed by atoms with Crippen LogP contribution < -0.4 is 9.64 Å². The van der Waals surface area contributed by atoms with Gasteiger partial charge in [0.25, 0.3) is 5.91 Å². The number of anilines is 1. The number of carboxylic acids is 1. The van der Waals surface area contributed by atoms with Gasteiger partial charge in [0.2, 0.25) is 0 Å². The van der Waals surface area contributed by atoms with Gasteiger partial charge in [-0.2, -0.15) is 0 Å². The number of carboxylic acid groups (broad SMARTS) is 1. The van der Waals surface area contributed by atoms with Crippen LogP contribution in [0.15, 0.2) is 42.5 Å². The molecule has 2 aromatic rings. The Bertz CT molecular complexity index is 814. The molecule has 1 aliphatic rings. The van der Waals surface area contributed by atoms with Gasteiger partial charge in [-0.3, -0.25) is 4.79 Å². The largest absolute Gasteiger partial charge is 0.478 e. The Morgan fingerprint density at radius 3 is 2.50 bits per heavy atom. The molecule has 0 atom stereocenters. The Kier molecular flexibility index (Phi) is 3.75. The summed E-state index contributed by atoms with van der Waals surface area (Å²) in [6, 6.07) is 10.2. The molecule has 0 unspecified atom stereocenters. The zero-order chi connectivity index (χ0) is 17.5. The van der Waals surface area contributed by atoms with Crippen molar-refractivity contribution in [2.24, 2.45) is 0 Å². The minimum atomic E-state index is -1.09. The van der Waals surface area contributed by atoms with Crippen molar-refractivity contribution >= 4 is 17.6 Å². The monoisotopic (exact) mass is 329 g/mol. The molecule has 1 amide bonds. The fourth-order valence-corrected chi connectivity index (χ4v) is 2.63. The van der Waals surface area contributed by atoms with Crippen LogP contribution in [-0.2, 0) is 11.3 Å². The fraction of sp³-hybridized carbons (Fsp3) is 0.222. The number of hydrogen-bond donors (Lipinski definition) is 1. The van der Waals surface area contributed by atoms with E-state index < -0.39 is 11.6 Å². The summed E-state index contributed by atoms with van der Waals surface area (Å²) in [4.78, 5) is 25.4. The van der Waals surface area contributed by atoms with E-state index in [1.165, 1.54) is 29.2 Å². The van der Waals surface area contributed by atoms with Crippen LogP contribution in [0.2, 0.25) is 0 Å². The number of carbonyl (C=O) groups excluding carboxylic acids is 1. The molecule has 0 aromatic heterocycles. The first kappa shape index (κ1) is 16.0. The first-order valence-electron chi connectivity index (χ1n) is 7.41. The third-order valence-electron chi connectivity index (χ3n) is 3.88. The molecule has 3 rings (SSSR count). The van der Waals surface area contributed by atoms with E-state index in [4.69, 9.17) is 4.74 Å². The van der Waals surface area contributed by atoms with E-state index in [9.17, 15) is 19.1 Å². The third kappa shape index (κ3) is 2.82. The highest BCUT2D eigenvalue weighted by Crippen LogP contribution is 2.39. The lowest BCUT2D eigenvalue weighted by Gasteiger charge is -2.39. The summed E-state index contributed by atoms with van der Waals surface area (Å²) in [5.74, 6) is -1.30. The van der Waals surface area contributed by atoms with E-state index in [-0.39, 0.29) is 23.8 Å². The second-order valence-corrected chi connectivity index (χ2v) is 6.12. The zero-order valence-electron chi connectivity index (χ0n) is 13.2. The molecule has 0 spiro atoms. The number of amides is 1. The van der Waals surface area contributed by atoms with Gasteiger partial charge in [-0.05, 0) is 49.7 Å². The number of benzene rings is 2. The van der Waals surface area contributed by atoms with Crippen LogP contribution >= 0.6 is 0 Å². The van der Waals surface area contributed by atoms with Crippen molar-refractivity contribution in [1.82, 2.24) is 0 Å². The molecule has 0 radical (unpaired) electrons. The van der Waals surface area contributed by atoms with Gasteiger partial charge in [-0.1, -0.05) is 12.1 Å². The highest BCUT2D eigenvalue weighted by atomic mass is 19.1. The molecule has 0 fully saturated rings. The molecule has 124 valence electrons. The summed E-state index contributed by atoms with van der Waals surface area (Å²) in [5.41, 5.74) is 0.115. The maximum atomic E-state index is 13.1. The number of halogens is 1. The van der Waals surface area contributed by atoms with E-state index in [1.807, 2.05) is 0 Å². The molecular weight excluding hydrogens is 313 g/mol. The number of rotatable bonds is 3. The van der Waals surface area contributed by atoms with Crippen LogP contribution in [0.4, 0.5) is 10.1 Å². The maximum Gasteiger partial charge on any atom is 0.335 e. The number of carbonyl (C=O) groups is 2. The third-order valence-corrected chi connectivity index (χ3v) is 3.88. The minimum absolute atomic E-state index is 0.0639. The molecule has 0 bridgehead atoms. The van der Waals surface area contributed by atoms with Gasteiger partial charge in [0.05, 0.1) is 17.8 Å². The second kappa shape index (κ2) is 5.63. The molecule has 24 heavy (non-hydrogen) atoms. The second-order valence-electron chi connectivity index (χ2n) is 6.12. The van der Waals surface area contributed by atoms with Crippen molar-refractivity contribution in [3.8, 4) is 5.75 Å². The summed E-state index contributed by atoms with van der Waals surface area (Å²) in [5, 5.41) is 9.18. The standard InChI is InChI=1S/C18H16FNO4/c1-18(2)17(23)20(10-11-3-6-13(19)7-4-11)14-9-12(16(21)22)5-8-15(14)24-18/h3-9H,10H2,1-2H3,(H,21,22). The Morgan fingerprint density at radius 1 is 1.21 bits per heavy atom. The zero-order valence-corrected chi connectivity index (χ0v) is 13.2. The van der Waals surface area contributed by atoms with Crippen molar-refractivity contribution < 1.29 is 23.8 Å². The maximum absolute atomic E-state index is 13.1. The van der Waals surface area contributed by atoms with Crippen LogP contribution in [0.1, 0.15) is 29.8 Å². The highest BCUT2D eigenvalue weighted by Gasteiger charge is 2.41. The first-order valence-corrected chi connectivity index (χ1v) is 7.41. The van der Waals surface area contributed by atoms with Gasteiger partial charge >= 0.3 is 5.97 Å². The Hall–Kier alpha value is -2.89. The number of fused-ring (bicyclic) bond motifs is 1. The van der Waals surface area contributed by atoms with Crippen LogP contribution in [0.3, 0.4) is 0 Å². The molecular formula is C18H16FNO4. The number of ether oxygens (including phenoxy) is 1. The van der Waals surface area contributed by atoms with E-state index in [1.54, 1.807) is 32.0 Å². The molecule has 1 heterocycles. The Morgan fingerprint density at radius 2 is 1.88 bits per heavy atom. The number of aromatic carboxylic acids is 1. The Balaban J connectivity index is 2.05. The van der Waals surface area contributed by atoms with Crippen molar-refractivity contribution in [1.29, 1.82) is 0 Å². The van der Waals surface area contributed by atoms with Crippen molar-refractivity contribution in [3.05, 3.63) is 59.4 Å². The SMILES string of the molecule is CC1(C)Oc2ccc(C(=O)O)cc2N(Cc2ccc(F)cc2)C1=O. The highest BCUT2D eigenvalue weighted by molar-refractivity contribution is 6.03. The molecule has 2 aromatic carbocycles. The lowest BCUT2D eigenvalue weighted by molar-refractivity contribution is -0.132. The average Bonchev–Trinajstić information content (AvgIpc) is 2.53. The van der Waals surface area contributed by atoms with Crippen molar-refractivity contribution in [2.45, 2.75) is 26.0 Å². The summed E-state index contributed by atoms with van der Waals surface area (Å²) in [7, 11) is 0. The number of nitrogens with zero attached hydrogens (tertiary/aromatic N) is 1. The van der Waals surface area contributed by atoms with Gasteiger partial charge in [0.1, 0.15) is 11.6 Å². The topological polar surface area (TPSA) is 66.8 Å². The van der Waals surface area contributed by atoms with Gasteiger partial charge in [0.15, 0.2) is 5.60 Å². The molecule has 6 heteroatoms. The van der Waals surface area contributed by atoms with Crippen LogP contribution in [0.5, 0.6) is 5.75 Å². The summed E-state index contributed by atoms with van der Waals surface area (Å²) in [6.45, 7) is 3.50. The van der Waals surface area contributed by atoms with Crippen LogP contribution in [0.25, 0.3) is 0 Å². The van der Waals surface area contributed by atoms with Gasteiger partial charge < -0.3 is 14.7 Å². The number of hydrogen-bond acceptors (Lipinski definition) is 3. The lowest BCUT2D eigenvalue weighted by atomic mass is 10.0. The van der Waals surface area contributed by atoms with E-state index >= 15 is 0 Å². The Labute approximate surface area is 138 Å². The summed E-state index contributed by atoms with van der Waals surface area (Å²) >= 11 is 0. The molecule has 0 saturated heterocycles. The van der Waals surface area contributed by atoms with Crippen molar-refractivity contribution in [3.63, 3.8) is 0 Å². The molecule has 1 N–H and O–H groups in total. The van der Waals surface area contributed by atoms with E-state index in [2.05, 4.69) is 0 Å². The molecule has 0 saturated carbocycles. The smallest absolute Gasteiger partial charge is 0.335 e. The predicted molar refractivity (Wildman–Crippen MR) is 85.7 cm³/mol. The van der Waals surface area contributed by atoms with E-state index in [0.717, 1.165) is 5.56 Å². The summed E-state index contributed by atoms with van der Waals surface area (Å²) < 4.78 is 18.8. The van der Waals surface area contributed by atoms with Crippen molar-refractivity contribution in [2.75, 3.05) is 4.90 Å². The quantitative estimate of drug-likeness (QED) is 0.939. The summed E-state index contributed by atoms with van der Waals surface area (Å²) in [6.07, 6.45) is 0.